The Morgan fingerprint density at radius 2 is 2.04 bits per heavy atom. The summed E-state index contributed by atoms with van der Waals surface area (Å²) in [6, 6.07) is 9.35. The summed E-state index contributed by atoms with van der Waals surface area (Å²) in [6.07, 6.45) is 2.37. The summed E-state index contributed by atoms with van der Waals surface area (Å²) in [5, 5.41) is 13.6. The van der Waals surface area contributed by atoms with E-state index in [-0.39, 0.29) is 11.9 Å². The molecule has 0 spiro atoms. The van der Waals surface area contributed by atoms with Crippen molar-refractivity contribution in [1.82, 2.24) is 25.6 Å². The number of nitrogens with zero attached hydrogens (tertiary/aromatic N) is 3. The highest BCUT2D eigenvalue weighted by atomic mass is 16.3. The first-order valence-electron chi connectivity index (χ1n) is 8.60. The molecule has 25 heavy (non-hydrogen) atoms. The van der Waals surface area contributed by atoms with Crippen LogP contribution in [0.3, 0.4) is 0 Å². The lowest BCUT2D eigenvalue weighted by Crippen LogP contribution is -2.36. The zero-order chi connectivity index (χ0) is 17.2. The standard InChI is InChI=1S/C18H21N5O2/c1-12-4-7-17(25-12)16(23-8-2-3-9-23)11-19-18(24)13-5-6-14-15(10-13)21-22-20-14/h4-7,10,16H,2-3,8-9,11H2,1H3,(H,19,24)(H,20,21,22)/t16-/m1/s1. The highest BCUT2D eigenvalue weighted by Crippen LogP contribution is 2.26. The Morgan fingerprint density at radius 1 is 1.24 bits per heavy atom. The van der Waals surface area contributed by atoms with Gasteiger partial charge in [0.15, 0.2) is 0 Å². The Balaban J connectivity index is 1.48. The van der Waals surface area contributed by atoms with Gasteiger partial charge in [-0.2, -0.15) is 15.4 Å². The van der Waals surface area contributed by atoms with Gasteiger partial charge in [0.05, 0.1) is 6.04 Å². The number of H-pyrrole nitrogens is 1. The highest BCUT2D eigenvalue weighted by molar-refractivity contribution is 5.97. The van der Waals surface area contributed by atoms with Gasteiger partial charge < -0.3 is 9.73 Å². The number of aromatic amines is 1. The number of likely N-dealkylation sites (tertiary alicyclic amines) is 1. The zero-order valence-electron chi connectivity index (χ0n) is 14.2. The van der Waals surface area contributed by atoms with Crippen LogP contribution in [0.4, 0.5) is 0 Å². The van der Waals surface area contributed by atoms with E-state index in [4.69, 9.17) is 4.42 Å². The van der Waals surface area contributed by atoms with E-state index in [1.165, 1.54) is 12.8 Å². The van der Waals surface area contributed by atoms with Crippen LogP contribution < -0.4 is 5.32 Å². The first-order valence-corrected chi connectivity index (χ1v) is 8.60. The molecular weight excluding hydrogens is 318 g/mol. The van der Waals surface area contributed by atoms with Crippen molar-refractivity contribution in [1.29, 1.82) is 0 Å². The van der Waals surface area contributed by atoms with Crippen LogP contribution in [0.2, 0.25) is 0 Å². The van der Waals surface area contributed by atoms with Crippen LogP contribution in [0.5, 0.6) is 0 Å². The molecule has 2 aromatic heterocycles. The van der Waals surface area contributed by atoms with Crippen molar-refractivity contribution in [3.63, 3.8) is 0 Å². The summed E-state index contributed by atoms with van der Waals surface area (Å²) in [7, 11) is 0. The number of hydrogen-bond donors (Lipinski definition) is 2. The van der Waals surface area contributed by atoms with E-state index >= 15 is 0 Å². The second kappa shape index (κ2) is 6.68. The van der Waals surface area contributed by atoms with Crippen LogP contribution in [-0.4, -0.2) is 45.9 Å². The Morgan fingerprint density at radius 3 is 2.80 bits per heavy atom. The number of benzene rings is 1. The van der Waals surface area contributed by atoms with E-state index in [2.05, 4.69) is 25.6 Å². The van der Waals surface area contributed by atoms with Crippen molar-refractivity contribution in [2.24, 2.45) is 0 Å². The average Bonchev–Trinajstić information content (AvgIpc) is 3.36. The van der Waals surface area contributed by atoms with Crippen LogP contribution in [-0.2, 0) is 0 Å². The van der Waals surface area contributed by atoms with Gasteiger partial charge >= 0.3 is 0 Å². The van der Waals surface area contributed by atoms with Crippen molar-refractivity contribution in [2.75, 3.05) is 19.6 Å². The second-order valence-electron chi connectivity index (χ2n) is 6.44. The minimum atomic E-state index is -0.114. The molecule has 7 nitrogen and oxygen atoms in total. The van der Waals surface area contributed by atoms with Crippen molar-refractivity contribution < 1.29 is 9.21 Å². The van der Waals surface area contributed by atoms with E-state index in [0.717, 1.165) is 30.1 Å². The van der Waals surface area contributed by atoms with Gasteiger partial charge in [-0.25, -0.2) is 0 Å². The maximum absolute atomic E-state index is 12.5. The van der Waals surface area contributed by atoms with E-state index in [1.54, 1.807) is 18.2 Å². The van der Waals surface area contributed by atoms with Crippen molar-refractivity contribution in [3.05, 3.63) is 47.4 Å². The second-order valence-corrected chi connectivity index (χ2v) is 6.44. The third-order valence-electron chi connectivity index (χ3n) is 4.71. The van der Waals surface area contributed by atoms with Gasteiger partial charge in [0.2, 0.25) is 0 Å². The zero-order valence-corrected chi connectivity index (χ0v) is 14.2. The summed E-state index contributed by atoms with van der Waals surface area (Å²) < 4.78 is 5.83. The molecule has 0 bridgehead atoms. The number of aryl methyl sites for hydroxylation is 1. The molecule has 2 N–H and O–H groups in total. The molecule has 1 aliphatic heterocycles. The molecule has 3 heterocycles. The smallest absolute Gasteiger partial charge is 0.251 e. The Kier molecular flexibility index (Phi) is 4.23. The number of fused-ring (bicyclic) bond motifs is 1. The maximum Gasteiger partial charge on any atom is 0.251 e. The van der Waals surface area contributed by atoms with Gasteiger partial charge in [-0.05, 0) is 63.2 Å². The topological polar surface area (TPSA) is 87.0 Å². The lowest BCUT2D eigenvalue weighted by molar-refractivity contribution is 0.0933. The molecule has 1 amide bonds. The van der Waals surface area contributed by atoms with Crippen molar-refractivity contribution >= 4 is 16.9 Å². The van der Waals surface area contributed by atoms with Crippen LogP contribution >= 0.6 is 0 Å². The van der Waals surface area contributed by atoms with Crippen molar-refractivity contribution in [2.45, 2.75) is 25.8 Å². The fourth-order valence-corrected chi connectivity index (χ4v) is 3.37. The molecule has 0 aliphatic carbocycles. The van der Waals surface area contributed by atoms with Crippen molar-refractivity contribution in [3.8, 4) is 0 Å². The largest absolute Gasteiger partial charge is 0.465 e. The number of amides is 1. The van der Waals surface area contributed by atoms with Gasteiger partial charge in [0.25, 0.3) is 5.91 Å². The first kappa shape index (κ1) is 15.8. The third-order valence-corrected chi connectivity index (χ3v) is 4.71. The van der Waals surface area contributed by atoms with Crippen LogP contribution in [0.1, 0.15) is 40.8 Å². The Bertz CT molecular complexity index is 878. The molecule has 3 aromatic rings. The number of furan rings is 1. The van der Waals surface area contributed by atoms with Gasteiger partial charge in [-0.3, -0.25) is 9.69 Å². The molecule has 4 rings (SSSR count). The summed E-state index contributed by atoms with van der Waals surface area (Å²) >= 11 is 0. The summed E-state index contributed by atoms with van der Waals surface area (Å²) in [6.45, 7) is 4.52. The first-order chi connectivity index (χ1) is 12.2. The number of carbonyl (C=O) groups excluding carboxylic acids is 1. The Hall–Kier alpha value is -2.67. The summed E-state index contributed by atoms with van der Waals surface area (Å²) in [4.78, 5) is 14.9. The molecule has 1 aliphatic rings. The number of nitrogens with one attached hydrogen (secondary N) is 2. The number of rotatable bonds is 5. The molecule has 0 unspecified atom stereocenters. The minimum Gasteiger partial charge on any atom is -0.465 e. The van der Waals surface area contributed by atoms with E-state index < -0.39 is 0 Å². The molecule has 130 valence electrons. The van der Waals surface area contributed by atoms with Crippen LogP contribution in [0.25, 0.3) is 11.0 Å². The van der Waals surface area contributed by atoms with E-state index in [0.29, 0.717) is 17.6 Å². The Labute approximate surface area is 145 Å². The quantitative estimate of drug-likeness (QED) is 0.745. The van der Waals surface area contributed by atoms with Gasteiger partial charge in [0.1, 0.15) is 22.6 Å². The number of aromatic nitrogens is 3. The number of hydrogen-bond acceptors (Lipinski definition) is 5. The lowest BCUT2D eigenvalue weighted by Gasteiger charge is -2.26. The maximum atomic E-state index is 12.5. The van der Waals surface area contributed by atoms with Crippen LogP contribution in [0.15, 0.2) is 34.7 Å². The van der Waals surface area contributed by atoms with Gasteiger partial charge in [0, 0.05) is 12.1 Å². The normalized spacial score (nSPS) is 16.4. The monoisotopic (exact) mass is 339 g/mol. The molecule has 1 atom stereocenters. The summed E-state index contributed by atoms with van der Waals surface area (Å²) in [5.74, 6) is 1.69. The lowest BCUT2D eigenvalue weighted by atomic mass is 10.1. The fraction of sp³-hybridized carbons (Fsp3) is 0.389. The SMILES string of the molecule is Cc1ccc([C@@H](CNC(=O)c2ccc3n[nH]nc3c2)N2CCCC2)o1. The van der Waals surface area contributed by atoms with E-state index in [9.17, 15) is 4.79 Å². The third kappa shape index (κ3) is 3.28. The molecule has 1 aromatic carbocycles. The molecule has 0 saturated carbocycles. The minimum absolute atomic E-state index is 0.0657. The molecule has 0 radical (unpaired) electrons. The fourth-order valence-electron chi connectivity index (χ4n) is 3.37. The van der Waals surface area contributed by atoms with Gasteiger partial charge in [-0.1, -0.05) is 0 Å². The number of carbonyl (C=O) groups is 1. The molecule has 1 fully saturated rings. The highest BCUT2D eigenvalue weighted by Gasteiger charge is 2.26. The molecular formula is C18H21N5O2. The predicted octanol–water partition coefficient (Wildman–Crippen LogP) is 2.43. The average molecular weight is 339 g/mol. The predicted molar refractivity (Wildman–Crippen MR) is 93.2 cm³/mol. The van der Waals surface area contributed by atoms with Gasteiger partial charge in [-0.15, -0.1) is 0 Å². The van der Waals surface area contributed by atoms with E-state index in [1.807, 2.05) is 19.1 Å². The summed E-state index contributed by atoms with van der Waals surface area (Å²) in [5.41, 5.74) is 2.01. The van der Waals surface area contributed by atoms with Crippen LogP contribution in [0, 0.1) is 6.92 Å². The molecule has 1 saturated heterocycles. The molecule has 7 heteroatoms.